The summed E-state index contributed by atoms with van der Waals surface area (Å²) in [5, 5.41) is 19.7. The SMILES string of the molecule is Cc1cc(C)c(N=Nc2cc(C)c(N(C)C)cc2C)c([N+](=O)[O-])c1. The van der Waals surface area contributed by atoms with Crippen LogP contribution in [0.25, 0.3) is 0 Å². The van der Waals surface area contributed by atoms with E-state index < -0.39 is 4.92 Å². The Balaban J connectivity index is 2.49. The number of aryl methyl sites for hydroxylation is 4. The van der Waals surface area contributed by atoms with Crippen LogP contribution in [0.1, 0.15) is 22.3 Å². The van der Waals surface area contributed by atoms with Crippen molar-refractivity contribution in [2.75, 3.05) is 19.0 Å². The van der Waals surface area contributed by atoms with Crippen LogP contribution >= 0.6 is 0 Å². The minimum atomic E-state index is -0.415. The average Bonchev–Trinajstić information content (AvgIpc) is 2.48. The van der Waals surface area contributed by atoms with Crippen molar-refractivity contribution in [2.45, 2.75) is 27.7 Å². The second-order valence-corrected chi connectivity index (χ2v) is 6.23. The molecule has 0 spiro atoms. The maximum Gasteiger partial charge on any atom is 0.297 e. The topological polar surface area (TPSA) is 71.1 Å². The summed E-state index contributed by atoms with van der Waals surface area (Å²) in [6.45, 7) is 7.60. The smallest absolute Gasteiger partial charge is 0.297 e. The van der Waals surface area contributed by atoms with E-state index in [-0.39, 0.29) is 5.69 Å². The molecule has 0 aliphatic rings. The van der Waals surface area contributed by atoms with Crippen molar-refractivity contribution in [1.29, 1.82) is 0 Å². The van der Waals surface area contributed by atoms with Gasteiger partial charge in [0.25, 0.3) is 5.69 Å². The number of nitro benzene ring substituents is 1. The molecular formula is C18H22N4O2. The first-order chi connectivity index (χ1) is 11.2. The Morgan fingerprint density at radius 1 is 0.917 bits per heavy atom. The first-order valence-corrected chi connectivity index (χ1v) is 7.66. The number of azo groups is 1. The molecule has 2 aromatic rings. The molecule has 0 aromatic heterocycles. The van der Waals surface area contributed by atoms with Crippen molar-refractivity contribution in [1.82, 2.24) is 0 Å². The zero-order chi connectivity index (χ0) is 18.0. The molecule has 0 saturated heterocycles. The number of nitrogens with zero attached hydrogens (tertiary/aromatic N) is 4. The third kappa shape index (κ3) is 3.59. The summed E-state index contributed by atoms with van der Waals surface area (Å²) in [5.74, 6) is 0. The zero-order valence-electron chi connectivity index (χ0n) is 14.9. The van der Waals surface area contributed by atoms with E-state index in [1.54, 1.807) is 0 Å². The number of hydrogen-bond donors (Lipinski definition) is 0. The fourth-order valence-electron chi connectivity index (χ4n) is 2.69. The molecule has 0 amide bonds. The van der Waals surface area contributed by atoms with Crippen LogP contribution < -0.4 is 4.90 Å². The predicted octanol–water partition coefficient (Wildman–Crippen LogP) is 5.31. The van der Waals surface area contributed by atoms with Crippen molar-refractivity contribution in [3.8, 4) is 0 Å². The van der Waals surface area contributed by atoms with Gasteiger partial charge in [0, 0.05) is 25.8 Å². The monoisotopic (exact) mass is 326 g/mol. The highest BCUT2D eigenvalue weighted by molar-refractivity contribution is 5.65. The summed E-state index contributed by atoms with van der Waals surface area (Å²) >= 11 is 0. The largest absolute Gasteiger partial charge is 0.377 e. The van der Waals surface area contributed by atoms with Gasteiger partial charge in [0.05, 0.1) is 10.6 Å². The third-order valence-electron chi connectivity index (χ3n) is 3.88. The molecule has 0 bridgehead atoms. The average molecular weight is 326 g/mol. The maximum atomic E-state index is 11.3. The number of anilines is 1. The Bertz CT molecular complexity index is 826. The van der Waals surface area contributed by atoms with E-state index in [9.17, 15) is 10.1 Å². The van der Waals surface area contributed by atoms with Gasteiger partial charge in [-0.2, -0.15) is 5.11 Å². The second-order valence-electron chi connectivity index (χ2n) is 6.23. The molecule has 0 heterocycles. The van der Waals surface area contributed by atoms with Gasteiger partial charge in [-0.3, -0.25) is 10.1 Å². The van der Waals surface area contributed by atoms with Crippen molar-refractivity contribution in [3.05, 3.63) is 56.6 Å². The molecule has 0 aliphatic heterocycles. The van der Waals surface area contributed by atoms with Crippen LogP contribution in [0.3, 0.4) is 0 Å². The van der Waals surface area contributed by atoms with Crippen LogP contribution in [-0.2, 0) is 0 Å². The molecule has 6 heteroatoms. The van der Waals surface area contributed by atoms with Gasteiger partial charge in [-0.25, -0.2) is 0 Å². The van der Waals surface area contributed by atoms with Gasteiger partial charge >= 0.3 is 0 Å². The lowest BCUT2D eigenvalue weighted by Crippen LogP contribution is -2.10. The molecule has 6 nitrogen and oxygen atoms in total. The Kier molecular flexibility index (Phi) is 4.97. The summed E-state index contributed by atoms with van der Waals surface area (Å²) in [5.41, 5.74) is 5.74. The molecular weight excluding hydrogens is 304 g/mol. The molecule has 0 N–H and O–H groups in total. The van der Waals surface area contributed by atoms with Gasteiger partial charge < -0.3 is 4.90 Å². The summed E-state index contributed by atoms with van der Waals surface area (Å²) in [7, 11) is 3.98. The fourth-order valence-corrected chi connectivity index (χ4v) is 2.69. The minimum Gasteiger partial charge on any atom is -0.377 e. The molecule has 0 atom stereocenters. The lowest BCUT2D eigenvalue weighted by molar-refractivity contribution is -0.384. The van der Waals surface area contributed by atoms with Crippen LogP contribution in [0.5, 0.6) is 0 Å². The second kappa shape index (κ2) is 6.78. The summed E-state index contributed by atoms with van der Waals surface area (Å²) in [6.07, 6.45) is 0. The van der Waals surface area contributed by atoms with E-state index in [4.69, 9.17) is 0 Å². The maximum absolute atomic E-state index is 11.3. The Hall–Kier alpha value is -2.76. The van der Waals surface area contributed by atoms with Crippen LogP contribution in [0.15, 0.2) is 34.5 Å². The van der Waals surface area contributed by atoms with E-state index in [0.717, 1.165) is 27.9 Å². The van der Waals surface area contributed by atoms with Crippen LogP contribution in [0, 0.1) is 37.8 Å². The highest BCUT2D eigenvalue weighted by Gasteiger charge is 2.17. The van der Waals surface area contributed by atoms with Gasteiger partial charge in [0.15, 0.2) is 5.69 Å². The van der Waals surface area contributed by atoms with Crippen LogP contribution in [-0.4, -0.2) is 19.0 Å². The first kappa shape index (κ1) is 17.6. The summed E-state index contributed by atoms with van der Waals surface area (Å²) in [4.78, 5) is 12.9. The van der Waals surface area contributed by atoms with Crippen LogP contribution in [0.4, 0.5) is 22.7 Å². The van der Waals surface area contributed by atoms with Crippen molar-refractivity contribution >= 4 is 22.7 Å². The van der Waals surface area contributed by atoms with E-state index in [1.165, 1.54) is 6.07 Å². The first-order valence-electron chi connectivity index (χ1n) is 7.66. The van der Waals surface area contributed by atoms with Crippen molar-refractivity contribution in [2.24, 2.45) is 10.2 Å². The number of nitro groups is 1. The van der Waals surface area contributed by atoms with Crippen molar-refractivity contribution < 1.29 is 4.92 Å². The van der Waals surface area contributed by atoms with Gasteiger partial charge in [0.2, 0.25) is 0 Å². The highest BCUT2D eigenvalue weighted by Crippen LogP contribution is 2.35. The summed E-state index contributed by atoms with van der Waals surface area (Å²) < 4.78 is 0. The molecule has 2 rings (SSSR count). The predicted molar refractivity (Wildman–Crippen MR) is 97.0 cm³/mol. The van der Waals surface area contributed by atoms with Crippen molar-refractivity contribution in [3.63, 3.8) is 0 Å². The Morgan fingerprint density at radius 2 is 1.58 bits per heavy atom. The van der Waals surface area contributed by atoms with Crippen LogP contribution in [0.2, 0.25) is 0 Å². The van der Waals surface area contributed by atoms with E-state index in [0.29, 0.717) is 11.4 Å². The molecule has 0 aliphatic carbocycles. The molecule has 0 saturated carbocycles. The molecule has 0 fully saturated rings. The van der Waals surface area contributed by atoms with Gasteiger partial charge in [-0.15, -0.1) is 5.11 Å². The van der Waals surface area contributed by atoms with E-state index >= 15 is 0 Å². The quantitative estimate of drug-likeness (QED) is 0.434. The lowest BCUT2D eigenvalue weighted by Gasteiger charge is -2.17. The Labute approximate surface area is 142 Å². The molecule has 0 unspecified atom stereocenters. The minimum absolute atomic E-state index is 0.0180. The number of benzene rings is 2. The van der Waals surface area contributed by atoms with E-state index in [1.807, 2.05) is 64.9 Å². The Morgan fingerprint density at radius 3 is 2.17 bits per heavy atom. The highest BCUT2D eigenvalue weighted by atomic mass is 16.6. The lowest BCUT2D eigenvalue weighted by atomic mass is 10.1. The third-order valence-corrected chi connectivity index (χ3v) is 3.88. The molecule has 126 valence electrons. The zero-order valence-corrected chi connectivity index (χ0v) is 14.9. The number of rotatable bonds is 4. The molecule has 24 heavy (non-hydrogen) atoms. The normalized spacial score (nSPS) is 11.1. The van der Waals surface area contributed by atoms with E-state index in [2.05, 4.69) is 10.2 Å². The van der Waals surface area contributed by atoms with Gasteiger partial charge in [0.1, 0.15) is 0 Å². The van der Waals surface area contributed by atoms with Gasteiger partial charge in [-0.05, 0) is 62.1 Å². The molecule has 0 radical (unpaired) electrons. The summed E-state index contributed by atoms with van der Waals surface area (Å²) in [6, 6.07) is 7.38. The fraction of sp³-hybridized carbons (Fsp3) is 0.333. The standard InChI is InChI=1S/C18H22N4O2/c1-11-7-14(4)18(17(8-11)22(23)24)20-19-15-9-13(3)16(21(5)6)10-12(15)2/h7-10H,1-6H3. The van der Waals surface area contributed by atoms with Gasteiger partial charge in [-0.1, -0.05) is 6.07 Å². The molecule has 2 aromatic carbocycles. The number of hydrogen-bond acceptors (Lipinski definition) is 5.